The number of aryl methyl sites for hydroxylation is 1. The van der Waals surface area contributed by atoms with E-state index in [-0.39, 0.29) is 6.04 Å². The Balaban J connectivity index is 2.44. The first kappa shape index (κ1) is 11.6. The van der Waals surface area contributed by atoms with Crippen LogP contribution in [-0.2, 0) is 0 Å². The second-order valence-electron chi connectivity index (χ2n) is 4.14. The van der Waals surface area contributed by atoms with Crippen molar-refractivity contribution in [1.29, 1.82) is 0 Å². The lowest BCUT2D eigenvalue weighted by molar-refractivity contribution is 0.638. The van der Waals surface area contributed by atoms with Crippen molar-refractivity contribution in [3.8, 4) is 0 Å². The van der Waals surface area contributed by atoms with Crippen LogP contribution in [0.5, 0.6) is 0 Å². The van der Waals surface area contributed by atoms with Gasteiger partial charge in [-0.25, -0.2) is 5.43 Å². The maximum absolute atomic E-state index is 5.98. The summed E-state index contributed by atoms with van der Waals surface area (Å²) >= 11 is 0. The summed E-state index contributed by atoms with van der Waals surface area (Å²) in [7, 11) is 0. The molecule has 0 aliphatic rings. The minimum atomic E-state index is -0.0731. The number of hydrazine groups is 1. The Morgan fingerprint density at radius 3 is 2.47 bits per heavy atom. The highest BCUT2D eigenvalue weighted by Gasteiger charge is 2.14. The average Bonchev–Trinajstić information content (AvgIpc) is 2.33. The van der Waals surface area contributed by atoms with Crippen LogP contribution < -0.4 is 17.0 Å². The molecule has 0 aliphatic heterocycles. The first-order valence-electron chi connectivity index (χ1n) is 5.59. The molecule has 0 fully saturated rings. The number of para-hydroxylation sites is 1. The molecule has 2 rings (SSSR count). The first-order valence-corrected chi connectivity index (χ1v) is 5.59. The Bertz CT molecular complexity index is 508. The molecule has 17 heavy (non-hydrogen) atoms. The maximum Gasteiger partial charge on any atom is 0.0730 e. The molecule has 0 heterocycles. The predicted octanol–water partition coefficient (Wildman–Crippen LogP) is 2.13. The van der Waals surface area contributed by atoms with Crippen molar-refractivity contribution in [3.63, 3.8) is 0 Å². The molecule has 3 nitrogen and oxygen atoms in total. The second-order valence-corrected chi connectivity index (χ2v) is 4.14. The van der Waals surface area contributed by atoms with Gasteiger partial charge in [-0.2, -0.15) is 0 Å². The maximum atomic E-state index is 5.98. The molecule has 0 aromatic heterocycles. The molecule has 5 N–H and O–H groups in total. The van der Waals surface area contributed by atoms with Crippen molar-refractivity contribution in [3.05, 3.63) is 65.2 Å². The summed E-state index contributed by atoms with van der Waals surface area (Å²) in [6.45, 7) is 2.06. The summed E-state index contributed by atoms with van der Waals surface area (Å²) in [5.41, 5.74) is 12.9. The van der Waals surface area contributed by atoms with Gasteiger partial charge in [0.1, 0.15) is 0 Å². The number of rotatable bonds is 3. The Kier molecular flexibility index (Phi) is 3.42. The van der Waals surface area contributed by atoms with Crippen LogP contribution in [0.25, 0.3) is 0 Å². The molecule has 0 amide bonds. The molecule has 3 heteroatoms. The minimum absolute atomic E-state index is 0.0731. The molecule has 1 atom stereocenters. The third-order valence-corrected chi connectivity index (χ3v) is 2.85. The van der Waals surface area contributed by atoms with Crippen molar-refractivity contribution < 1.29 is 0 Å². The van der Waals surface area contributed by atoms with E-state index in [4.69, 9.17) is 11.6 Å². The third-order valence-electron chi connectivity index (χ3n) is 2.85. The normalized spacial score (nSPS) is 12.4. The Morgan fingerprint density at radius 1 is 1.06 bits per heavy atom. The number of nitrogen functional groups attached to an aromatic ring is 1. The fourth-order valence-electron chi connectivity index (χ4n) is 1.99. The number of hydrogen-bond donors (Lipinski definition) is 3. The molecule has 0 saturated carbocycles. The van der Waals surface area contributed by atoms with Gasteiger partial charge in [-0.15, -0.1) is 0 Å². The highest BCUT2D eigenvalue weighted by molar-refractivity contribution is 5.51. The summed E-state index contributed by atoms with van der Waals surface area (Å²) in [5.74, 6) is 5.65. The Morgan fingerprint density at radius 2 is 1.82 bits per heavy atom. The Labute approximate surface area is 101 Å². The SMILES string of the molecule is Cc1cccc(C(NN)c2ccccc2N)c1. The zero-order valence-electron chi connectivity index (χ0n) is 9.85. The van der Waals surface area contributed by atoms with E-state index in [1.54, 1.807) is 0 Å². The number of nitrogens with one attached hydrogen (secondary N) is 1. The van der Waals surface area contributed by atoms with E-state index in [0.717, 1.165) is 16.8 Å². The summed E-state index contributed by atoms with van der Waals surface area (Å²) in [5, 5.41) is 0. The topological polar surface area (TPSA) is 64.1 Å². The van der Waals surface area contributed by atoms with Gasteiger partial charge < -0.3 is 5.73 Å². The molecule has 2 aromatic rings. The second kappa shape index (κ2) is 4.99. The van der Waals surface area contributed by atoms with Gasteiger partial charge in [-0.1, -0.05) is 48.0 Å². The predicted molar refractivity (Wildman–Crippen MR) is 71.2 cm³/mol. The van der Waals surface area contributed by atoms with Gasteiger partial charge in [0.2, 0.25) is 0 Å². The fourth-order valence-corrected chi connectivity index (χ4v) is 1.99. The average molecular weight is 227 g/mol. The molecule has 0 saturated heterocycles. The van der Waals surface area contributed by atoms with Gasteiger partial charge in [-0.3, -0.25) is 5.84 Å². The molecule has 2 aromatic carbocycles. The highest BCUT2D eigenvalue weighted by atomic mass is 15.2. The first-order chi connectivity index (χ1) is 8.22. The standard InChI is InChI=1S/C14H17N3/c1-10-5-4-6-11(9-10)14(17-16)12-7-2-3-8-13(12)15/h2-9,14,17H,15-16H2,1H3. The molecule has 0 spiro atoms. The van der Waals surface area contributed by atoms with Gasteiger partial charge in [0.15, 0.2) is 0 Å². The van der Waals surface area contributed by atoms with Crippen molar-refractivity contribution in [1.82, 2.24) is 5.43 Å². The number of nitrogens with two attached hydrogens (primary N) is 2. The van der Waals surface area contributed by atoms with Gasteiger partial charge in [0, 0.05) is 5.69 Å². The monoisotopic (exact) mass is 227 g/mol. The third kappa shape index (κ3) is 2.46. The van der Waals surface area contributed by atoms with Crippen molar-refractivity contribution in [2.24, 2.45) is 5.84 Å². The molecule has 88 valence electrons. The van der Waals surface area contributed by atoms with E-state index >= 15 is 0 Å². The summed E-state index contributed by atoms with van der Waals surface area (Å²) in [6.07, 6.45) is 0. The van der Waals surface area contributed by atoms with E-state index in [1.165, 1.54) is 5.56 Å². The zero-order valence-corrected chi connectivity index (χ0v) is 9.85. The van der Waals surface area contributed by atoms with Crippen LogP contribution in [-0.4, -0.2) is 0 Å². The highest BCUT2D eigenvalue weighted by Crippen LogP contribution is 2.26. The van der Waals surface area contributed by atoms with Crippen LogP contribution in [0, 0.1) is 6.92 Å². The quantitative estimate of drug-likeness (QED) is 0.427. The number of anilines is 1. The molecular formula is C14H17N3. The van der Waals surface area contributed by atoms with Gasteiger partial charge in [0.25, 0.3) is 0 Å². The van der Waals surface area contributed by atoms with Crippen LogP contribution in [0.3, 0.4) is 0 Å². The molecule has 0 radical (unpaired) electrons. The molecule has 0 aliphatic carbocycles. The van der Waals surface area contributed by atoms with E-state index in [1.807, 2.05) is 36.4 Å². The molecule has 1 unspecified atom stereocenters. The van der Waals surface area contributed by atoms with Crippen LogP contribution in [0.15, 0.2) is 48.5 Å². The lowest BCUT2D eigenvalue weighted by atomic mass is 9.97. The summed E-state index contributed by atoms with van der Waals surface area (Å²) in [6, 6.07) is 15.9. The lowest BCUT2D eigenvalue weighted by Gasteiger charge is -2.19. The van der Waals surface area contributed by atoms with Crippen molar-refractivity contribution in [2.45, 2.75) is 13.0 Å². The largest absolute Gasteiger partial charge is 0.398 e. The summed E-state index contributed by atoms with van der Waals surface area (Å²) in [4.78, 5) is 0. The van der Waals surface area contributed by atoms with Crippen LogP contribution in [0.4, 0.5) is 5.69 Å². The van der Waals surface area contributed by atoms with E-state index < -0.39 is 0 Å². The smallest absolute Gasteiger partial charge is 0.0730 e. The number of hydrogen-bond acceptors (Lipinski definition) is 3. The Hall–Kier alpha value is -1.84. The van der Waals surface area contributed by atoms with E-state index in [2.05, 4.69) is 24.5 Å². The van der Waals surface area contributed by atoms with Crippen molar-refractivity contribution in [2.75, 3.05) is 5.73 Å². The van der Waals surface area contributed by atoms with Crippen molar-refractivity contribution >= 4 is 5.69 Å². The van der Waals surface area contributed by atoms with Gasteiger partial charge >= 0.3 is 0 Å². The molecule has 0 bridgehead atoms. The lowest BCUT2D eigenvalue weighted by Crippen LogP contribution is -2.29. The zero-order chi connectivity index (χ0) is 12.3. The van der Waals surface area contributed by atoms with E-state index in [0.29, 0.717) is 0 Å². The van der Waals surface area contributed by atoms with Crippen LogP contribution in [0.2, 0.25) is 0 Å². The van der Waals surface area contributed by atoms with Crippen LogP contribution >= 0.6 is 0 Å². The molecular weight excluding hydrogens is 210 g/mol. The van der Waals surface area contributed by atoms with Crippen LogP contribution in [0.1, 0.15) is 22.7 Å². The summed E-state index contributed by atoms with van der Waals surface area (Å²) < 4.78 is 0. The van der Waals surface area contributed by atoms with Gasteiger partial charge in [-0.05, 0) is 24.1 Å². The minimum Gasteiger partial charge on any atom is -0.398 e. The van der Waals surface area contributed by atoms with Gasteiger partial charge in [0.05, 0.1) is 6.04 Å². The fraction of sp³-hybridized carbons (Fsp3) is 0.143. The number of benzene rings is 2. The van der Waals surface area contributed by atoms with E-state index in [9.17, 15) is 0 Å².